The summed E-state index contributed by atoms with van der Waals surface area (Å²) in [6.45, 7) is 1.30. The summed E-state index contributed by atoms with van der Waals surface area (Å²) >= 11 is 0. The van der Waals surface area contributed by atoms with Crippen LogP contribution in [0, 0.1) is 0 Å². The minimum absolute atomic E-state index is 0.374. The zero-order valence-corrected chi connectivity index (χ0v) is 13.7. The van der Waals surface area contributed by atoms with E-state index in [4.69, 9.17) is 9.47 Å². The third kappa shape index (κ3) is 4.58. The molecule has 0 heterocycles. The fourth-order valence-corrected chi connectivity index (χ4v) is 2.60. The molecule has 2 aromatic rings. The van der Waals surface area contributed by atoms with Gasteiger partial charge in [0.2, 0.25) is 0 Å². The van der Waals surface area contributed by atoms with Gasteiger partial charge < -0.3 is 14.4 Å². The number of hydrogen-bond acceptors (Lipinski definition) is 3. The average molecular weight is 299 g/mol. The van der Waals surface area contributed by atoms with Gasteiger partial charge in [-0.15, -0.1) is 0 Å². The lowest BCUT2D eigenvalue weighted by molar-refractivity contribution is 0.0971. The molecular formula is C19H25NO2. The van der Waals surface area contributed by atoms with Crippen molar-refractivity contribution >= 4 is 0 Å². The average Bonchev–Trinajstić information content (AvgIpc) is 2.55. The highest BCUT2D eigenvalue weighted by Gasteiger charge is 2.13. The molecule has 0 aliphatic rings. The topological polar surface area (TPSA) is 21.7 Å². The lowest BCUT2D eigenvalue weighted by Crippen LogP contribution is -2.21. The Morgan fingerprint density at radius 1 is 0.955 bits per heavy atom. The van der Waals surface area contributed by atoms with E-state index in [1.165, 1.54) is 5.56 Å². The molecule has 0 spiro atoms. The SMILES string of the molecule is COc1ccccc1COCCC(c1ccccc1)N(C)C. The Morgan fingerprint density at radius 3 is 2.32 bits per heavy atom. The van der Waals surface area contributed by atoms with E-state index in [1.807, 2.05) is 30.3 Å². The molecule has 0 aliphatic heterocycles. The fraction of sp³-hybridized carbons (Fsp3) is 0.368. The number of nitrogens with zero attached hydrogens (tertiary/aromatic N) is 1. The monoisotopic (exact) mass is 299 g/mol. The molecule has 1 unspecified atom stereocenters. The van der Waals surface area contributed by atoms with Crippen molar-refractivity contribution in [3.8, 4) is 5.75 Å². The van der Waals surface area contributed by atoms with Gasteiger partial charge in [0.1, 0.15) is 5.75 Å². The minimum atomic E-state index is 0.374. The largest absolute Gasteiger partial charge is 0.496 e. The van der Waals surface area contributed by atoms with Gasteiger partial charge in [0.25, 0.3) is 0 Å². The Hall–Kier alpha value is -1.84. The highest BCUT2D eigenvalue weighted by molar-refractivity contribution is 5.32. The summed E-state index contributed by atoms with van der Waals surface area (Å²) in [4.78, 5) is 2.24. The zero-order valence-electron chi connectivity index (χ0n) is 13.7. The van der Waals surface area contributed by atoms with E-state index in [1.54, 1.807) is 7.11 Å². The van der Waals surface area contributed by atoms with Crippen molar-refractivity contribution in [2.75, 3.05) is 27.8 Å². The van der Waals surface area contributed by atoms with Gasteiger partial charge in [0.15, 0.2) is 0 Å². The number of hydrogen-bond donors (Lipinski definition) is 0. The standard InChI is InChI=1S/C19H25NO2/c1-20(2)18(16-9-5-4-6-10-16)13-14-22-15-17-11-7-8-12-19(17)21-3/h4-12,18H,13-15H2,1-3H3. The van der Waals surface area contributed by atoms with Crippen LogP contribution in [0.1, 0.15) is 23.6 Å². The maximum Gasteiger partial charge on any atom is 0.124 e. The molecule has 0 saturated heterocycles. The smallest absolute Gasteiger partial charge is 0.124 e. The van der Waals surface area contributed by atoms with Crippen LogP contribution in [0.5, 0.6) is 5.75 Å². The first-order chi connectivity index (χ1) is 10.7. The number of methoxy groups -OCH3 is 1. The van der Waals surface area contributed by atoms with Gasteiger partial charge in [0, 0.05) is 18.2 Å². The van der Waals surface area contributed by atoms with E-state index in [0.29, 0.717) is 12.6 Å². The van der Waals surface area contributed by atoms with Gasteiger partial charge in [-0.1, -0.05) is 48.5 Å². The van der Waals surface area contributed by atoms with Gasteiger partial charge in [-0.25, -0.2) is 0 Å². The number of rotatable bonds is 8. The molecule has 0 amide bonds. The van der Waals surface area contributed by atoms with Crippen molar-refractivity contribution in [3.05, 3.63) is 65.7 Å². The van der Waals surface area contributed by atoms with Gasteiger partial charge >= 0.3 is 0 Å². The van der Waals surface area contributed by atoms with E-state index in [0.717, 1.165) is 24.3 Å². The molecule has 0 N–H and O–H groups in total. The number of para-hydroxylation sites is 1. The first-order valence-corrected chi connectivity index (χ1v) is 7.63. The normalized spacial score (nSPS) is 12.4. The molecule has 1 atom stereocenters. The van der Waals surface area contributed by atoms with Crippen molar-refractivity contribution in [2.24, 2.45) is 0 Å². The van der Waals surface area contributed by atoms with Crippen LogP contribution >= 0.6 is 0 Å². The first kappa shape index (κ1) is 16.5. The highest BCUT2D eigenvalue weighted by atomic mass is 16.5. The van der Waals surface area contributed by atoms with Crippen LogP contribution in [-0.4, -0.2) is 32.7 Å². The molecule has 0 saturated carbocycles. The van der Waals surface area contributed by atoms with Crippen molar-refractivity contribution in [1.29, 1.82) is 0 Å². The summed E-state index contributed by atoms with van der Waals surface area (Å²) in [6.07, 6.45) is 0.964. The molecule has 2 aromatic carbocycles. The Kier molecular flexibility index (Phi) is 6.44. The summed E-state index contributed by atoms with van der Waals surface area (Å²) < 4.78 is 11.2. The van der Waals surface area contributed by atoms with Gasteiger partial charge in [-0.05, 0) is 32.1 Å². The van der Waals surface area contributed by atoms with E-state index >= 15 is 0 Å². The molecular weight excluding hydrogens is 274 g/mol. The van der Waals surface area contributed by atoms with E-state index in [2.05, 4.69) is 43.3 Å². The summed E-state index contributed by atoms with van der Waals surface area (Å²) in [7, 11) is 5.91. The molecule has 22 heavy (non-hydrogen) atoms. The van der Waals surface area contributed by atoms with Crippen molar-refractivity contribution < 1.29 is 9.47 Å². The third-order valence-corrected chi connectivity index (χ3v) is 3.79. The van der Waals surface area contributed by atoms with Crippen molar-refractivity contribution in [3.63, 3.8) is 0 Å². The summed E-state index contributed by atoms with van der Waals surface area (Å²) in [5.41, 5.74) is 2.42. The van der Waals surface area contributed by atoms with Crippen LogP contribution in [0.25, 0.3) is 0 Å². The molecule has 2 rings (SSSR count). The lowest BCUT2D eigenvalue weighted by atomic mass is 10.0. The van der Waals surface area contributed by atoms with Crippen molar-refractivity contribution in [2.45, 2.75) is 19.1 Å². The van der Waals surface area contributed by atoms with Crippen LogP contribution in [0.3, 0.4) is 0 Å². The second-order valence-electron chi connectivity index (χ2n) is 5.54. The van der Waals surface area contributed by atoms with Crippen LogP contribution in [0.15, 0.2) is 54.6 Å². The lowest BCUT2D eigenvalue weighted by Gasteiger charge is -2.24. The van der Waals surface area contributed by atoms with E-state index in [9.17, 15) is 0 Å². The van der Waals surface area contributed by atoms with Crippen LogP contribution in [0.4, 0.5) is 0 Å². The zero-order chi connectivity index (χ0) is 15.8. The van der Waals surface area contributed by atoms with E-state index in [-0.39, 0.29) is 0 Å². The minimum Gasteiger partial charge on any atom is -0.496 e. The van der Waals surface area contributed by atoms with E-state index < -0.39 is 0 Å². The summed E-state index contributed by atoms with van der Waals surface area (Å²) in [5, 5.41) is 0. The van der Waals surface area contributed by atoms with Crippen LogP contribution in [0.2, 0.25) is 0 Å². The number of ether oxygens (including phenoxy) is 2. The Labute approximate surface area is 133 Å². The summed E-state index contributed by atoms with van der Waals surface area (Å²) in [6, 6.07) is 18.9. The molecule has 0 aliphatic carbocycles. The molecule has 118 valence electrons. The second kappa shape index (κ2) is 8.57. The molecule has 3 nitrogen and oxygen atoms in total. The maximum atomic E-state index is 5.86. The predicted molar refractivity (Wildman–Crippen MR) is 90.1 cm³/mol. The van der Waals surface area contributed by atoms with Crippen molar-refractivity contribution in [1.82, 2.24) is 4.90 Å². The van der Waals surface area contributed by atoms with Crippen LogP contribution < -0.4 is 4.74 Å². The molecule has 0 fully saturated rings. The second-order valence-corrected chi connectivity index (χ2v) is 5.54. The summed E-state index contributed by atoms with van der Waals surface area (Å²) in [5.74, 6) is 0.884. The molecule has 0 aromatic heterocycles. The third-order valence-electron chi connectivity index (χ3n) is 3.79. The number of benzene rings is 2. The fourth-order valence-electron chi connectivity index (χ4n) is 2.60. The highest BCUT2D eigenvalue weighted by Crippen LogP contribution is 2.22. The van der Waals surface area contributed by atoms with Crippen LogP contribution in [-0.2, 0) is 11.3 Å². The Balaban J connectivity index is 1.86. The Bertz CT molecular complexity index is 554. The van der Waals surface area contributed by atoms with Gasteiger partial charge in [-0.3, -0.25) is 0 Å². The first-order valence-electron chi connectivity index (χ1n) is 7.63. The molecule has 0 radical (unpaired) electrons. The quantitative estimate of drug-likeness (QED) is 0.690. The van der Waals surface area contributed by atoms with Gasteiger partial charge in [-0.2, -0.15) is 0 Å². The maximum absolute atomic E-state index is 5.86. The Morgan fingerprint density at radius 2 is 1.64 bits per heavy atom. The predicted octanol–water partition coefficient (Wildman–Crippen LogP) is 3.90. The van der Waals surface area contributed by atoms with Gasteiger partial charge in [0.05, 0.1) is 13.7 Å². The molecule has 3 heteroatoms. The molecule has 0 bridgehead atoms.